The second-order valence-corrected chi connectivity index (χ2v) is 11.9. The first-order valence-corrected chi connectivity index (χ1v) is 13.9. The molecule has 2 fully saturated rings. The second-order valence-electron chi connectivity index (χ2n) is 11.9. The summed E-state index contributed by atoms with van der Waals surface area (Å²) in [6.45, 7) is 8.45. The third-order valence-corrected chi connectivity index (χ3v) is 7.97. The summed E-state index contributed by atoms with van der Waals surface area (Å²) in [6.07, 6.45) is 8.58. The number of fused-ring (bicyclic) bond motifs is 4. The minimum absolute atomic E-state index is 0.191. The van der Waals surface area contributed by atoms with Crippen LogP contribution in [0.25, 0.3) is 11.2 Å². The lowest BCUT2D eigenvalue weighted by Gasteiger charge is -2.33. The zero-order valence-electron chi connectivity index (χ0n) is 23.5. The predicted octanol–water partition coefficient (Wildman–Crippen LogP) is 5.73. The fourth-order valence-corrected chi connectivity index (χ4v) is 6.21. The van der Waals surface area contributed by atoms with E-state index in [1.807, 2.05) is 79.8 Å². The van der Waals surface area contributed by atoms with E-state index in [-0.39, 0.29) is 12.1 Å². The smallest absolute Gasteiger partial charge is 0.410 e. The van der Waals surface area contributed by atoms with Crippen molar-refractivity contribution in [2.45, 2.75) is 58.1 Å². The summed E-state index contributed by atoms with van der Waals surface area (Å²) in [6, 6.07) is 12.0. The molecule has 3 atom stereocenters. The van der Waals surface area contributed by atoms with E-state index in [1.165, 1.54) is 11.9 Å². The van der Waals surface area contributed by atoms with Crippen LogP contribution in [0.1, 0.15) is 50.7 Å². The molecule has 0 unspecified atom stereocenters. The van der Waals surface area contributed by atoms with Crippen LogP contribution in [0.2, 0.25) is 0 Å². The number of likely N-dealkylation sites (tertiary alicyclic amines) is 1. The summed E-state index contributed by atoms with van der Waals surface area (Å²) in [5.74, 6) is 2.91. The van der Waals surface area contributed by atoms with Crippen molar-refractivity contribution in [3.63, 3.8) is 0 Å². The number of hydrogen-bond acceptors (Lipinski definition) is 8. The van der Waals surface area contributed by atoms with Gasteiger partial charge >= 0.3 is 6.09 Å². The molecule has 2 bridgehead atoms. The summed E-state index contributed by atoms with van der Waals surface area (Å²) in [5, 5.41) is 12.1. The molecule has 41 heavy (non-hydrogen) atoms. The topological polar surface area (TPSA) is 111 Å². The molecule has 0 radical (unpaired) electrons. The minimum atomic E-state index is -0.496. The first kappa shape index (κ1) is 25.3. The van der Waals surface area contributed by atoms with E-state index in [9.17, 15) is 4.79 Å². The van der Waals surface area contributed by atoms with Gasteiger partial charge in [-0.2, -0.15) is 10.2 Å². The van der Waals surface area contributed by atoms with Gasteiger partial charge in [-0.05, 0) is 93.8 Å². The van der Waals surface area contributed by atoms with Gasteiger partial charge in [-0.1, -0.05) is 0 Å². The zero-order chi connectivity index (χ0) is 28.3. The summed E-state index contributed by atoms with van der Waals surface area (Å²) >= 11 is 0. The third-order valence-electron chi connectivity index (χ3n) is 7.97. The van der Waals surface area contributed by atoms with Gasteiger partial charge in [0.15, 0.2) is 11.5 Å². The first-order valence-electron chi connectivity index (χ1n) is 13.9. The normalized spacial score (nSPS) is 20.2. The summed E-state index contributed by atoms with van der Waals surface area (Å²) < 4.78 is 15.4. The lowest BCUT2D eigenvalue weighted by atomic mass is 9.88. The van der Waals surface area contributed by atoms with Crippen molar-refractivity contribution in [2.75, 3.05) is 11.9 Å². The maximum absolute atomic E-state index is 12.8. The molecule has 11 heteroatoms. The molecule has 1 N–H and O–H groups in total. The number of hydrogen-bond donors (Lipinski definition) is 1. The molecule has 1 amide bonds. The molecular weight excluding hydrogens is 520 g/mol. The molecule has 1 saturated carbocycles. The van der Waals surface area contributed by atoms with Crippen molar-refractivity contribution < 1.29 is 14.3 Å². The van der Waals surface area contributed by atoms with Gasteiger partial charge in [-0.25, -0.2) is 23.8 Å². The molecule has 2 aliphatic rings. The summed E-state index contributed by atoms with van der Waals surface area (Å²) in [4.78, 5) is 23.5. The highest BCUT2D eigenvalue weighted by Gasteiger charge is 2.48. The number of piperidine rings is 1. The number of carbonyl (C=O) groups is 1. The Morgan fingerprint density at radius 2 is 1.80 bits per heavy atom. The maximum Gasteiger partial charge on any atom is 0.410 e. The van der Waals surface area contributed by atoms with Crippen LogP contribution < -0.4 is 10.1 Å². The number of carbonyl (C=O) groups excluding carboxylic acids is 1. The molecule has 1 aliphatic carbocycles. The van der Waals surface area contributed by atoms with Crippen LogP contribution in [-0.4, -0.2) is 58.4 Å². The Bertz CT molecular complexity index is 1770. The van der Waals surface area contributed by atoms with Crippen LogP contribution in [0, 0.1) is 12.8 Å². The van der Waals surface area contributed by atoms with E-state index in [4.69, 9.17) is 9.47 Å². The minimum Gasteiger partial charge on any atom is -0.457 e. The van der Waals surface area contributed by atoms with Gasteiger partial charge in [0.25, 0.3) is 0 Å². The van der Waals surface area contributed by atoms with Gasteiger partial charge in [0.1, 0.15) is 35.3 Å². The molecule has 5 heterocycles. The Kier molecular flexibility index (Phi) is 5.84. The van der Waals surface area contributed by atoms with Crippen molar-refractivity contribution in [2.24, 2.45) is 5.92 Å². The second kappa shape index (κ2) is 9.46. The average Bonchev–Trinajstić information content (AvgIpc) is 3.72. The number of rotatable bonds is 5. The molecule has 5 aromatic rings. The molecule has 4 aromatic heterocycles. The zero-order valence-corrected chi connectivity index (χ0v) is 23.5. The maximum atomic E-state index is 12.8. The number of anilines is 2. The van der Waals surface area contributed by atoms with Crippen LogP contribution >= 0.6 is 0 Å². The van der Waals surface area contributed by atoms with Gasteiger partial charge in [0.05, 0.1) is 0 Å². The average molecular weight is 553 g/mol. The number of amides is 1. The molecule has 0 spiro atoms. The molecule has 1 aromatic carbocycles. The number of ether oxygens (including phenoxy) is 2. The molecule has 11 nitrogen and oxygen atoms in total. The fraction of sp³-hybridized carbons (Fsp3) is 0.367. The Balaban J connectivity index is 1.10. The van der Waals surface area contributed by atoms with Crippen LogP contribution in [0.5, 0.6) is 11.5 Å². The third kappa shape index (κ3) is 4.71. The fourth-order valence-electron chi connectivity index (χ4n) is 6.21. The van der Waals surface area contributed by atoms with Gasteiger partial charge in [-0.15, -0.1) is 0 Å². The molecule has 1 aliphatic heterocycles. The molecule has 210 valence electrons. The largest absolute Gasteiger partial charge is 0.457 e. The predicted molar refractivity (Wildman–Crippen MR) is 153 cm³/mol. The van der Waals surface area contributed by atoms with Gasteiger partial charge in [0, 0.05) is 36.7 Å². The summed E-state index contributed by atoms with van der Waals surface area (Å²) in [5.41, 5.74) is 4.29. The number of benzene rings is 1. The van der Waals surface area contributed by atoms with E-state index in [0.717, 1.165) is 46.8 Å². The van der Waals surface area contributed by atoms with E-state index in [0.29, 0.717) is 24.1 Å². The number of nitrogens with zero attached hydrogens (tertiary/aromatic N) is 7. The lowest BCUT2D eigenvalue weighted by molar-refractivity contribution is 0.0181. The van der Waals surface area contributed by atoms with E-state index < -0.39 is 5.60 Å². The van der Waals surface area contributed by atoms with Crippen LogP contribution in [0.3, 0.4) is 0 Å². The van der Waals surface area contributed by atoms with Crippen LogP contribution in [-0.2, 0) is 4.74 Å². The van der Waals surface area contributed by atoms with Crippen molar-refractivity contribution in [1.29, 1.82) is 0 Å². The van der Waals surface area contributed by atoms with Crippen molar-refractivity contribution in [3.8, 4) is 11.5 Å². The van der Waals surface area contributed by atoms with Crippen LogP contribution in [0.4, 0.5) is 16.3 Å². The highest BCUT2D eigenvalue weighted by atomic mass is 16.6. The summed E-state index contributed by atoms with van der Waals surface area (Å²) in [7, 11) is 0. The molecular formula is C30H32N8O3. The number of pyridine rings is 1. The Morgan fingerprint density at radius 3 is 2.59 bits per heavy atom. The number of aromatic nitrogens is 6. The quantitative estimate of drug-likeness (QED) is 0.294. The first-order chi connectivity index (χ1) is 19.7. The molecule has 1 saturated heterocycles. The molecule has 7 rings (SSSR count). The van der Waals surface area contributed by atoms with E-state index in [2.05, 4.69) is 31.5 Å². The Morgan fingerprint density at radius 1 is 1.00 bits per heavy atom. The standard InChI is InChI=1S/C30H32N8O3/c1-18-11-20(5-6-25(18)40-22-7-9-37-26(14-22)31-16-33-37)35-28-27-23(8-10-38(27)34-17-32-28)24-13-21-12-19(24)15-36(21)29(39)41-30(2,3)4/h5-11,14,16-17,19,21,24H,12-13,15H2,1-4H3,(H,32,34,35)/t19-,21-,24+/m1/s1. The number of nitrogens with one attached hydrogen (secondary N) is 1. The highest BCUT2D eigenvalue weighted by molar-refractivity contribution is 5.78. The van der Waals surface area contributed by atoms with Crippen molar-refractivity contribution in [3.05, 3.63) is 72.6 Å². The lowest BCUT2D eigenvalue weighted by Crippen LogP contribution is -2.42. The monoisotopic (exact) mass is 552 g/mol. The Labute approximate surface area is 237 Å². The highest BCUT2D eigenvalue weighted by Crippen LogP contribution is 2.49. The van der Waals surface area contributed by atoms with Gasteiger partial charge < -0.3 is 19.7 Å². The van der Waals surface area contributed by atoms with Crippen molar-refractivity contribution in [1.82, 2.24) is 34.1 Å². The van der Waals surface area contributed by atoms with Crippen molar-refractivity contribution >= 4 is 28.8 Å². The number of aryl methyl sites for hydroxylation is 1. The van der Waals surface area contributed by atoms with E-state index in [1.54, 1.807) is 10.8 Å². The van der Waals surface area contributed by atoms with Gasteiger partial charge in [-0.3, -0.25) is 0 Å². The SMILES string of the molecule is Cc1cc(Nc2ncnn3ccc([C@H]4C[C@H]5C[C@@H]4CN5C(=O)OC(C)(C)C)c23)ccc1Oc1ccn2ncnc2c1. The van der Waals surface area contributed by atoms with E-state index >= 15 is 0 Å². The van der Waals surface area contributed by atoms with Gasteiger partial charge in [0.2, 0.25) is 0 Å². The van der Waals surface area contributed by atoms with Crippen LogP contribution in [0.15, 0.2) is 61.4 Å². The Hall–Kier alpha value is -4.67.